The van der Waals surface area contributed by atoms with E-state index in [0.717, 1.165) is 6.07 Å². The molecule has 218 valence electrons. The van der Waals surface area contributed by atoms with Gasteiger partial charge in [-0.25, -0.2) is 18.2 Å². The SMILES string of the molecule is Cn1c(Cc2c(Cl)ccc(CNC(=O)CC#N)c2Cl)nc2cc(C(=O)Nc3ccc(F)c(Cl)c3)c(OCC(F)F)cc21. The molecule has 42 heavy (non-hydrogen) atoms. The van der Waals surface area contributed by atoms with Crippen LogP contribution < -0.4 is 15.4 Å². The van der Waals surface area contributed by atoms with Gasteiger partial charge in [0.25, 0.3) is 12.3 Å². The maximum Gasteiger partial charge on any atom is 0.272 e. The first-order chi connectivity index (χ1) is 20.0. The van der Waals surface area contributed by atoms with Crippen LogP contribution in [0.25, 0.3) is 11.0 Å². The molecule has 4 aromatic rings. The molecule has 0 unspecified atom stereocenters. The van der Waals surface area contributed by atoms with Gasteiger partial charge in [0.2, 0.25) is 5.91 Å². The summed E-state index contributed by atoms with van der Waals surface area (Å²) in [6.07, 6.45) is -2.94. The number of aryl methyl sites for hydroxylation is 1. The summed E-state index contributed by atoms with van der Waals surface area (Å²) in [6.45, 7) is -0.879. The lowest BCUT2D eigenvalue weighted by Crippen LogP contribution is -2.22. The van der Waals surface area contributed by atoms with Gasteiger partial charge < -0.3 is 19.9 Å². The number of ether oxygens (including phenoxy) is 1. The molecule has 0 aliphatic heterocycles. The van der Waals surface area contributed by atoms with Gasteiger partial charge in [-0.05, 0) is 41.5 Å². The fourth-order valence-electron chi connectivity index (χ4n) is 4.08. The topological polar surface area (TPSA) is 109 Å². The van der Waals surface area contributed by atoms with E-state index in [-0.39, 0.29) is 41.4 Å². The lowest BCUT2D eigenvalue weighted by molar-refractivity contribution is -0.120. The summed E-state index contributed by atoms with van der Waals surface area (Å²) >= 11 is 18.9. The fourth-order valence-corrected chi connectivity index (χ4v) is 4.83. The van der Waals surface area contributed by atoms with E-state index in [1.807, 2.05) is 0 Å². The molecule has 0 spiro atoms. The van der Waals surface area contributed by atoms with Gasteiger partial charge in [-0.2, -0.15) is 5.26 Å². The Labute approximate surface area is 252 Å². The number of carbonyl (C=O) groups excluding carboxylic acids is 2. The van der Waals surface area contributed by atoms with Gasteiger partial charge in [0.1, 0.15) is 30.4 Å². The highest BCUT2D eigenvalue weighted by Gasteiger charge is 2.21. The number of nitrogens with zero attached hydrogens (tertiary/aromatic N) is 3. The Bertz CT molecular complexity index is 1720. The average Bonchev–Trinajstić information content (AvgIpc) is 3.24. The third kappa shape index (κ3) is 7.07. The maximum absolute atomic E-state index is 13.6. The van der Waals surface area contributed by atoms with Crippen LogP contribution >= 0.6 is 34.8 Å². The molecule has 0 aliphatic carbocycles. The van der Waals surface area contributed by atoms with Crippen LogP contribution in [0, 0.1) is 17.1 Å². The number of rotatable bonds is 10. The summed E-state index contributed by atoms with van der Waals surface area (Å²) in [6, 6.07) is 11.4. The molecule has 0 bridgehead atoms. The molecule has 3 aromatic carbocycles. The fraction of sp³-hybridized carbons (Fsp3) is 0.214. The Hall–Kier alpha value is -3.98. The van der Waals surface area contributed by atoms with E-state index in [9.17, 15) is 22.8 Å². The number of hydrogen-bond donors (Lipinski definition) is 2. The smallest absolute Gasteiger partial charge is 0.272 e. The second kappa shape index (κ2) is 13.3. The van der Waals surface area contributed by atoms with Crippen molar-refractivity contribution in [2.45, 2.75) is 25.8 Å². The number of imidazole rings is 1. The molecule has 8 nitrogen and oxygen atoms in total. The van der Waals surface area contributed by atoms with Crippen molar-refractivity contribution in [1.82, 2.24) is 14.9 Å². The van der Waals surface area contributed by atoms with Crippen molar-refractivity contribution in [3.63, 3.8) is 0 Å². The van der Waals surface area contributed by atoms with Crippen molar-refractivity contribution in [2.75, 3.05) is 11.9 Å². The molecular formula is C28H21Cl3F3N5O3. The predicted octanol–water partition coefficient (Wildman–Crippen LogP) is 6.69. The van der Waals surface area contributed by atoms with Gasteiger partial charge in [0.05, 0.1) is 32.7 Å². The first kappa shape index (κ1) is 31.0. The molecule has 2 N–H and O–H groups in total. The number of amides is 2. The van der Waals surface area contributed by atoms with Gasteiger partial charge in [-0.1, -0.05) is 40.9 Å². The first-order valence-corrected chi connectivity index (χ1v) is 13.4. The normalized spacial score (nSPS) is 11.0. The Balaban J connectivity index is 1.69. The van der Waals surface area contributed by atoms with Crippen LogP contribution in [-0.4, -0.2) is 34.4 Å². The minimum absolute atomic E-state index is 0.0780. The molecular weight excluding hydrogens is 618 g/mol. The van der Waals surface area contributed by atoms with E-state index in [1.54, 1.807) is 29.8 Å². The molecule has 0 radical (unpaired) electrons. The Morgan fingerprint density at radius 3 is 2.57 bits per heavy atom. The lowest BCUT2D eigenvalue weighted by Gasteiger charge is -2.13. The van der Waals surface area contributed by atoms with Gasteiger partial charge in [0, 0.05) is 36.8 Å². The van der Waals surface area contributed by atoms with Gasteiger partial charge in [-0.3, -0.25) is 9.59 Å². The monoisotopic (exact) mass is 637 g/mol. The minimum atomic E-state index is -2.80. The number of nitrogens with one attached hydrogen (secondary N) is 2. The molecule has 0 fully saturated rings. The number of nitriles is 1. The van der Waals surface area contributed by atoms with Crippen LogP contribution in [-0.2, 0) is 24.8 Å². The third-order valence-corrected chi connectivity index (χ3v) is 7.29. The first-order valence-electron chi connectivity index (χ1n) is 12.2. The molecule has 0 atom stereocenters. The largest absolute Gasteiger partial charge is 0.487 e. The van der Waals surface area contributed by atoms with Crippen LogP contribution in [0.5, 0.6) is 5.75 Å². The number of carbonyl (C=O) groups is 2. The third-order valence-electron chi connectivity index (χ3n) is 6.18. The second-order valence-electron chi connectivity index (χ2n) is 9.00. The summed E-state index contributed by atoms with van der Waals surface area (Å²) < 4.78 is 46.5. The Morgan fingerprint density at radius 1 is 1.12 bits per heavy atom. The van der Waals surface area contributed by atoms with E-state index in [1.165, 1.54) is 24.3 Å². The second-order valence-corrected chi connectivity index (χ2v) is 10.2. The van der Waals surface area contributed by atoms with Crippen molar-refractivity contribution < 1.29 is 27.5 Å². The van der Waals surface area contributed by atoms with Crippen molar-refractivity contribution >= 4 is 63.3 Å². The summed E-state index contributed by atoms with van der Waals surface area (Å²) in [5.41, 5.74) is 2.02. The van der Waals surface area contributed by atoms with Gasteiger partial charge in [0.15, 0.2) is 0 Å². The average molecular weight is 639 g/mol. The summed E-state index contributed by atoms with van der Waals surface area (Å²) in [4.78, 5) is 29.5. The zero-order valence-electron chi connectivity index (χ0n) is 21.8. The van der Waals surface area contributed by atoms with Crippen LogP contribution in [0.1, 0.15) is 33.7 Å². The molecule has 0 saturated heterocycles. The lowest BCUT2D eigenvalue weighted by atomic mass is 10.1. The zero-order chi connectivity index (χ0) is 30.6. The number of benzene rings is 3. The molecule has 14 heteroatoms. The van der Waals surface area contributed by atoms with Crippen molar-refractivity contribution in [3.8, 4) is 11.8 Å². The van der Waals surface area contributed by atoms with Crippen LogP contribution in [0.15, 0.2) is 42.5 Å². The Kier molecular flexibility index (Phi) is 9.83. The highest BCUT2D eigenvalue weighted by atomic mass is 35.5. The highest BCUT2D eigenvalue weighted by molar-refractivity contribution is 6.36. The number of fused-ring (bicyclic) bond motifs is 1. The predicted molar refractivity (Wildman–Crippen MR) is 153 cm³/mol. The van der Waals surface area contributed by atoms with E-state index in [4.69, 9.17) is 44.8 Å². The molecule has 2 amide bonds. The van der Waals surface area contributed by atoms with Crippen molar-refractivity contribution in [3.05, 3.63) is 85.9 Å². The summed E-state index contributed by atoms with van der Waals surface area (Å²) in [5, 5.41) is 14.3. The van der Waals surface area contributed by atoms with Gasteiger partial charge >= 0.3 is 0 Å². The molecule has 4 rings (SSSR count). The quantitative estimate of drug-likeness (QED) is 0.201. The molecule has 0 aliphatic rings. The number of aromatic nitrogens is 2. The maximum atomic E-state index is 13.6. The number of halogens is 6. The Morgan fingerprint density at radius 2 is 1.88 bits per heavy atom. The standard InChI is InChI=1S/C28H21Cl3F3N5O3/c1-39-22-11-23(42-13-24(33)34)17(28(41)37-15-3-5-20(32)19(30)8-15)9-21(22)38-25(39)10-16-18(29)4-2-14(27(16)31)12-36-26(40)6-7-35/h2-5,8-9,11,24H,6,10,12-13H2,1H3,(H,36,40)(H,37,41). The van der Waals surface area contributed by atoms with E-state index >= 15 is 0 Å². The van der Waals surface area contributed by atoms with E-state index in [2.05, 4.69) is 15.6 Å². The summed E-state index contributed by atoms with van der Waals surface area (Å²) in [7, 11) is 1.69. The van der Waals surface area contributed by atoms with Crippen LogP contribution in [0.4, 0.5) is 18.9 Å². The summed E-state index contributed by atoms with van der Waals surface area (Å²) in [5.74, 6) is -1.48. The van der Waals surface area contributed by atoms with Gasteiger partial charge in [-0.15, -0.1) is 0 Å². The number of alkyl halides is 2. The molecule has 0 saturated carbocycles. The van der Waals surface area contributed by atoms with Crippen LogP contribution in [0.3, 0.4) is 0 Å². The molecule has 1 aromatic heterocycles. The number of anilines is 1. The number of hydrogen-bond acceptors (Lipinski definition) is 5. The van der Waals surface area contributed by atoms with E-state index in [0.29, 0.717) is 38.0 Å². The minimum Gasteiger partial charge on any atom is -0.487 e. The van der Waals surface area contributed by atoms with Crippen molar-refractivity contribution in [1.29, 1.82) is 5.26 Å². The molecule has 1 heterocycles. The highest BCUT2D eigenvalue weighted by Crippen LogP contribution is 2.33. The van der Waals surface area contributed by atoms with Crippen LogP contribution in [0.2, 0.25) is 15.1 Å². The van der Waals surface area contributed by atoms with E-state index < -0.39 is 30.7 Å². The zero-order valence-corrected chi connectivity index (χ0v) is 24.0. The van der Waals surface area contributed by atoms with Crippen molar-refractivity contribution in [2.24, 2.45) is 7.05 Å².